The fourth-order valence-corrected chi connectivity index (χ4v) is 3.56. The second-order valence-corrected chi connectivity index (χ2v) is 7.73. The van der Waals surface area contributed by atoms with E-state index in [1.807, 2.05) is 4.90 Å². The molecule has 0 unspecified atom stereocenters. The van der Waals surface area contributed by atoms with Crippen LogP contribution in [-0.4, -0.2) is 36.9 Å². The van der Waals surface area contributed by atoms with Crippen LogP contribution in [0.5, 0.6) is 0 Å². The van der Waals surface area contributed by atoms with E-state index in [1.54, 1.807) is 0 Å². The molecule has 9 heteroatoms. The molecule has 0 atom stereocenters. The summed E-state index contributed by atoms with van der Waals surface area (Å²) in [5.41, 5.74) is -0.328. The normalized spacial score (nSPS) is 14.6. The van der Waals surface area contributed by atoms with E-state index in [4.69, 9.17) is 0 Å². The van der Waals surface area contributed by atoms with E-state index in [2.05, 4.69) is 16.8 Å². The number of halogens is 6. The maximum Gasteiger partial charge on any atom is 0.416 e. The number of hydrogen-bond acceptors (Lipinski definition) is 3. The van der Waals surface area contributed by atoms with Crippen molar-refractivity contribution in [3.05, 3.63) is 65.2 Å². The molecule has 0 radical (unpaired) electrons. The Morgan fingerprint density at radius 1 is 0.844 bits per heavy atom. The van der Waals surface area contributed by atoms with Crippen LogP contribution in [0.4, 0.5) is 32.0 Å². The summed E-state index contributed by atoms with van der Waals surface area (Å²) < 4.78 is 77.5. The Labute approximate surface area is 183 Å². The number of amidine groups is 1. The Bertz CT molecular complexity index is 901. The topological polar surface area (TPSA) is 18.8 Å². The van der Waals surface area contributed by atoms with Gasteiger partial charge < -0.3 is 9.80 Å². The minimum atomic E-state index is -4.44. The monoisotopic (exact) mass is 457 g/mol. The molecule has 0 saturated carbocycles. The molecule has 1 aliphatic rings. The number of anilines is 1. The first-order valence-corrected chi connectivity index (χ1v) is 10.4. The quantitative estimate of drug-likeness (QED) is 0.437. The first kappa shape index (κ1) is 23.9. The second kappa shape index (κ2) is 9.83. The van der Waals surface area contributed by atoms with E-state index in [-0.39, 0.29) is 6.54 Å². The van der Waals surface area contributed by atoms with Gasteiger partial charge in [0.15, 0.2) is 0 Å². The van der Waals surface area contributed by atoms with Gasteiger partial charge in [-0.05, 0) is 48.4 Å². The van der Waals surface area contributed by atoms with Gasteiger partial charge in [0.05, 0.1) is 24.2 Å². The Morgan fingerprint density at radius 2 is 1.41 bits per heavy atom. The highest BCUT2D eigenvalue weighted by Gasteiger charge is 2.31. The van der Waals surface area contributed by atoms with Crippen molar-refractivity contribution >= 4 is 11.5 Å². The lowest BCUT2D eigenvalue weighted by Gasteiger charge is -2.29. The highest BCUT2D eigenvalue weighted by atomic mass is 19.4. The van der Waals surface area contributed by atoms with Gasteiger partial charge >= 0.3 is 12.4 Å². The van der Waals surface area contributed by atoms with Gasteiger partial charge in [0.25, 0.3) is 0 Å². The van der Waals surface area contributed by atoms with Crippen molar-refractivity contribution in [1.29, 1.82) is 0 Å². The van der Waals surface area contributed by atoms with E-state index in [1.165, 1.54) is 24.3 Å². The van der Waals surface area contributed by atoms with Crippen LogP contribution in [0.2, 0.25) is 0 Å². The predicted molar refractivity (Wildman–Crippen MR) is 113 cm³/mol. The molecule has 3 rings (SSSR count). The highest BCUT2D eigenvalue weighted by molar-refractivity contribution is 5.88. The van der Waals surface area contributed by atoms with Crippen LogP contribution in [0, 0.1) is 0 Å². The van der Waals surface area contributed by atoms with Crippen LogP contribution in [0.15, 0.2) is 53.5 Å². The lowest BCUT2D eigenvalue weighted by Crippen LogP contribution is -2.38. The zero-order chi connectivity index (χ0) is 23.4. The van der Waals surface area contributed by atoms with Crippen molar-refractivity contribution in [2.45, 2.75) is 38.7 Å². The van der Waals surface area contributed by atoms with Crippen LogP contribution >= 0.6 is 0 Å². The van der Waals surface area contributed by atoms with E-state index in [0.717, 1.165) is 56.0 Å². The minimum Gasteiger partial charge on any atom is -0.360 e. The van der Waals surface area contributed by atoms with Crippen molar-refractivity contribution < 1.29 is 26.3 Å². The zero-order valence-corrected chi connectivity index (χ0v) is 17.7. The Kier molecular flexibility index (Phi) is 7.36. The Morgan fingerprint density at radius 3 is 1.94 bits per heavy atom. The third kappa shape index (κ3) is 6.17. The van der Waals surface area contributed by atoms with Gasteiger partial charge in [-0.15, -0.1) is 0 Å². The lowest BCUT2D eigenvalue weighted by atomic mass is 10.1. The van der Waals surface area contributed by atoms with Gasteiger partial charge in [-0.2, -0.15) is 26.3 Å². The average Bonchev–Trinajstić information content (AvgIpc) is 3.18. The molecule has 32 heavy (non-hydrogen) atoms. The summed E-state index contributed by atoms with van der Waals surface area (Å²) in [4.78, 5) is 8.55. The summed E-state index contributed by atoms with van der Waals surface area (Å²) in [6.07, 6.45) is -6.84. The van der Waals surface area contributed by atoms with E-state index in [0.29, 0.717) is 24.3 Å². The number of alkyl halides is 6. The number of aliphatic imine (C=N–C) groups is 1. The third-order valence-corrected chi connectivity index (χ3v) is 5.36. The maximum absolute atomic E-state index is 13.0. The molecule has 2 aromatic carbocycles. The fourth-order valence-electron chi connectivity index (χ4n) is 3.56. The second-order valence-electron chi connectivity index (χ2n) is 7.73. The summed E-state index contributed by atoms with van der Waals surface area (Å²) in [6, 6.07) is 9.62. The fraction of sp³-hybridized carbons (Fsp3) is 0.435. The molecule has 1 heterocycles. The van der Waals surface area contributed by atoms with Gasteiger partial charge in [0.2, 0.25) is 0 Å². The van der Waals surface area contributed by atoms with Crippen molar-refractivity contribution in [2.75, 3.05) is 31.1 Å². The lowest BCUT2D eigenvalue weighted by molar-refractivity contribution is -0.138. The molecular weight excluding hydrogens is 432 g/mol. The first-order valence-electron chi connectivity index (χ1n) is 10.4. The predicted octanol–water partition coefficient (Wildman–Crippen LogP) is 6.25. The molecule has 0 aromatic heterocycles. The molecule has 1 aliphatic heterocycles. The standard InChI is InChI=1S/C23H25F6N3/c1-2-3-13-31-14-12-30-21(31)16-32(20-10-8-19(9-11-20)23(27,28)29)15-17-4-6-18(7-5-17)22(24,25)26/h4-11H,2-3,12-16H2,1H3. The largest absolute Gasteiger partial charge is 0.416 e. The SMILES string of the molecule is CCCCN1CCN=C1CN(Cc1ccc(C(F)(F)F)cc1)c1ccc(C(F)(F)F)cc1. The van der Waals surface area contributed by atoms with E-state index >= 15 is 0 Å². The highest BCUT2D eigenvalue weighted by Crippen LogP contribution is 2.32. The first-order chi connectivity index (χ1) is 15.1. The molecule has 0 N–H and O–H groups in total. The van der Waals surface area contributed by atoms with Gasteiger partial charge in [-0.3, -0.25) is 4.99 Å². The molecule has 0 aliphatic carbocycles. The summed E-state index contributed by atoms with van der Waals surface area (Å²) in [5, 5.41) is 0. The minimum absolute atomic E-state index is 0.240. The van der Waals surface area contributed by atoms with E-state index < -0.39 is 23.5 Å². The van der Waals surface area contributed by atoms with Gasteiger partial charge in [-0.25, -0.2) is 0 Å². The molecule has 0 bridgehead atoms. The third-order valence-electron chi connectivity index (χ3n) is 5.36. The summed E-state index contributed by atoms with van der Waals surface area (Å²) in [5.74, 6) is 0.838. The molecular formula is C23H25F6N3. The summed E-state index contributed by atoms with van der Waals surface area (Å²) in [7, 11) is 0. The summed E-state index contributed by atoms with van der Waals surface area (Å²) in [6.45, 7) is 4.97. The van der Waals surface area contributed by atoms with Crippen molar-refractivity contribution in [2.24, 2.45) is 4.99 Å². The number of nitrogens with zero attached hydrogens (tertiary/aromatic N) is 3. The van der Waals surface area contributed by atoms with Crippen molar-refractivity contribution in [1.82, 2.24) is 4.90 Å². The van der Waals surface area contributed by atoms with Crippen LogP contribution in [0.25, 0.3) is 0 Å². The Hall–Kier alpha value is -2.71. The summed E-state index contributed by atoms with van der Waals surface area (Å²) >= 11 is 0. The van der Waals surface area contributed by atoms with Crippen LogP contribution in [0.1, 0.15) is 36.5 Å². The number of unbranched alkanes of at least 4 members (excludes halogenated alkanes) is 1. The van der Waals surface area contributed by atoms with E-state index in [9.17, 15) is 26.3 Å². The Balaban J connectivity index is 1.84. The van der Waals surface area contributed by atoms with Crippen LogP contribution in [0.3, 0.4) is 0 Å². The molecule has 0 fully saturated rings. The average molecular weight is 457 g/mol. The zero-order valence-electron chi connectivity index (χ0n) is 17.7. The van der Waals surface area contributed by atoms with Gasteiger partial charge in [-0.1, -0.05) is 25.5 Å². The molecule has 0 amide bonds. The smallest absolute Gasteiger partial charge is 0.360 e. The molecule has 0 spiro atoms. The number of benzene rings is 2. The number of rotatable bonds is 8. The number of hydrogen-bond donors (Lipinski definition) is 0. The van der Waals surface area contributed by atoms with Gasteiger partial charge in [0.1, 0.15) is 5.84 Å². The van der Waals surface area contributed by atoms with Crippen LogP contribution < -0.4 is 4.90 Å². The molecule has 3 nitrogen and oxygen atoms in total. The van der Waals surface area contributed by atoms with Crippen molar-refractivity contribution in [3.63, 3.8) is 0 Å². The van der Waals surface area contributed by atoms with Gasteiger partial charge in [0, 0.05) is 25.3 Å². The maximum atomic E-state index is 13.0. The molecule has 0 saturated heterocycles. The van der Waals surface area contributed by atoms with Crippen molar-refractivity contribution in [3.8, 4) is 0 Å². The molecule has 2 aromatic rings. The van der Waals surface area contributed by atoms with Crippen LogP contribution in [-0.2, 0) is 18.9 Å². The molecule has 174 valence electrons.